The van der Waals surface area contributed by atoms with Crippen LogP contribution in [-0.4, -0.2) is 24.4 Å². The average molecular weight is 514 g/mol. The highest BCUT2D eigenvalue weighted by atomic mass is 35.5. The van der Waals surface area contributed by atoms with E-state index in [1.807, 2.05) is 63.2 Å². The third-order valence-corrected chi connectivity index (χ3v) is 8.52. The Morgan fingerprint density at radius 1 is 1.06 bits per heavy atom. The summed E-state index contributed by atoms with van der Waals surface area (Å²) in [6.45, 7) is 9.23. The fraction of sp³-hybridized carbons (Fsp3) is 0.308. The van der Waals surface area contributed by atoms with Gasteiger partial charge in [-0.25, -0.2) is 9.97 Å². The van der Waals surface area contributed by atoms with Gasteiger partial charge in [0.15, 0.2) is 5.82 Å². The molecular weight excluding hydrogens is 486 g/mol. The van der Waals surface area contributed by atoms with E-state index >= 15 is 0 Å². The lowest BCUT2D eigenvalue weighted by Crippen LogP contribution is -2.41. The Bertz CT molecular complexity index is 1310. The molecule has 2 atom stereocenters. The number of nitrogens with zero attached hydrogens (tertiary/aromatic N) is 2. The molecule has 0 saturated heterocycles. The first-order valence-electron chi connectivity index (χ1n) is 11.0. The maximum atomic E-state index is 13.1. The van der Waals surface area contributed by atoms with Gasteiger partial charge in [0.25, 0.3) is 0 Å². The van der Waals surface area contributed by atoms with E-state index in [1.165, 1.54) is 0 Å². The lowest BCUT2D eigenvalue weighted by molar-refractivity contribution is 0.0738. The largest absolute Gasteiger partial charge is 0.598 e. The van der Waals surface area contributed by atoms with Crippen molar-refractivity contribution < 1.29 is 9.66 Å². The third-order valence-electron chi connectivity index (χ3n) is 5.37. The zero-order chi connectivity index (χ0) is 24.7. The van der Waals surface area contributed by atoms with Gasteiger partial charge in [0.2, 0.25) is 0 Å². The van der Waals surface area contributed by atoms with Crippen LogP contribution in [-0.2, 0) is 17.0 Å². The second-order valence-corrected chi connectivity index (χ2v) is 13.1. The first-order chi connectivity index (χ1) is 15.9. The third kappa shape index (κ3) is 5.30. The molecule has 0 aliphatic carbocycles. The maximum Gasteiger partial charge on any atom is 0.160 e. The monoisotopic (exact) mass is 513 g/mol. The molecule has 0 spiro atoms. The molecule has 1 unspecified atom stereocenters. The highest BCUT2D eigenvalue weighted by Crippen LogP contribution is 2.40. The van der Waals surface area contributed by atoms with Crippen LogP contribution in [0.25, 0.3) is 21.5 Å². The predicted molar refractivity (Wildman–Crippen MR) is 142 cm³/mol. The summed E-state index contributed by atoms with van der Waals surface area (Å²) in [5, 5.41) is 12.1. The van der Waals surface area contributed by atoms with Gasteiger partial charge in [-0.2, -0.15) is 0 Å². The number of thiophene rings is 1. The summed E-state index contributed by atoms with van der Waals surface area (Å²) in [4.78, 5) is 10.1. The standard InChI is InChI=1S/C26H28ClN3O2S2/c1-25(2,3)34(32)30-22(17-10-6-7-12-19(17)27)20-15-16-9-8-11-18(23(16)33-20)24-28-14-13-21(29-24)26(4,5)31/h6-15,22,30-31H,1-5H3/t22-,34?/m1/s1. The number of benzene rings is 2. The average Bonchev–Trinajstić information content (AvgIpc) is 3.21. The van der Waals surface area contributed by atoms with E-state index in [1.54, 1.807) is 37.4 Å². The number of rotatable bonds is 6. The van der Waals surface area contributed by atoms with Crippen molar-refractivity contribution in [2.24, 2.45) is 0 Å². The van der Waals surface area contributed by atoms with Gasteiger partial charge in [-0.15, -0.1) is 16.1 Å². The molecule has 2 N–H and O–H groups in total. The normalized spacial score (nSPS) is 14.4. The Hall–Kier alpha value is -2.00. The summed E-state index contributed by atoms with van der Waals surface area (Å²) in [5.74, 6) is 0.555. The smallest absolute Gasteiger partial charge is 0.160 e. The van der Waals surface area contributed by atoms with Gasteiger partial charge < -0.3 is 9.66 Å². The van der Waals surface area contributed by atoms with Crippen molar-refractivity contribution in [2.45, 2.75) is 51.0 Å². The molecule has 4 aromatic rings. The number of fused-ring (bicyclic) bond motifs is 1. The molecule has 8 heteroatoms. The second-order valence-electron chi connectivity index (χ2n) is 9.65. The maximum absolute atomic E-state index is 13.1. The Labute approximate surface area is 212 Å². The van der Waals surface area contributed by atoms with E-state index in [0.717, 1.165) is 26.1 Å². The number of hydrogen-bond donors (Lipinski definition) is 2. The van der Waals surface area contributed by atoms with E-state index in [0.29, 0.717) is 16.5 Å². The first kappa shape index (κ1) is 25.1. The van der Waals surface area contributed by atoms with Crippen molar-refractivity contribution in [1.82, 2.24) is 14.7 Å². The molecule has 34 heavy (non-hydrogen) atoms. The van der Waals surface area contributed by atoms with Crippen molar-refractivity contribution in [2.75, 3.05) is 0 Å². The number of halogens is 1. The molecule has 2 aromatic carbocycles. The fourth-order valence-corrected chi connectivity index (χ4v) is 5.88. The Morgan fingerprint density at radius 2 is 1.79 bits per heavy atom. The molecule has 178 valence electrons. The van der Waals surface area contributed by atoms with Crippen molar-refractivity contribution in [3.8, 4) is 11.4 Å². The summed E-state index contributed by atoms with van der Waals surface area (Å²) in [6.07, 6.45) is 1.67. The van der Waals surface area contributed by atoms with Gasteiger partial charge in [0, 0.05) is 37.7 Å². The second kappa shape index (κ2) is 9.57. The quantitative estimate of drug-likeness (QED) is 0.292. The SMILES string of the molecule is CC(C)(O)c1ccnc(-c2cccc3cc([C@H](N[S+]([O-])C(C)(C)C)c4ccccc4Cl)sc23)n1. The van der Waals surface area contributed by atoms with Crippen molar-refractivity contribution >= 4 is 44.4 Å². The number of hydrogen-bond acceptors (Lipinski definition) is 6. The summed E-state index contributed by atoms with van der Waals surface area (Å²) in [6, 6.07) is 17.1. The summed E-state index contributed by atoms with van der Waals surface area (Å²) < 4.78 is 17.0. The number of nitrogens with one attached hydrogen (secondary N) is 1. The molecule has 0 aliphatic heterocycles. The highest BCUT2D eigenvalue weighted by molar-refractivity contribution is 7.90. The van der Waals surface area contributed by atoms with Crippen LogP contribution in [0, 0.1) is 0 Å². The molecule has 0 bridgehead atoms. The molecule has 0 saturated carbocycles. The topological polar surface area (TPSA) is 81.1 Å². The van der Waals surface area contributed by atoms with Crippen LogP contribution in [0.4, 0.5) is 0 Å². The van der Waals surface area contributed by atoms with Crippen LogP contribution in [0.5, 0.6) is 0 Å². The molecule has 4 rings (SSSR count). The zero-order valence-electron chi connectivity index (χ0n) is 19.8. The summed E-state index contributed by atoms with van der Waals surface area (Å²) >= 11 is 6.87. The molecule has 2 heterocycles. The fourth-order valence-electron chi connectivity index (χ4n) is 3.50. The van der Waals surface area contributed by atoms with Crippen molar-refractivity contribution in [3.05, 3.63) is 82.0 Å². The van der Waals surface area contributed by atoms with E-state index in [2.05, 4.69) is 20.8 Å². The van der Waals surface area contributed by atoms with Crippen LogP contribution >= 0.6 is 22.9 Å². The van der Waals surface area contributed by atoms with Crippen LogP contribution in [0.3, 0.4) is 0 Å². The van der Waals surface area contributed by atoms with Gasteiger partial charge in [-0.3, -0.25) is 0 Å². The lowest BCUT2D eigenvalue weighted by Gasteiger charge is -2.28. The van der Waals surface area contributed by atoms with E-state index in [4.69, 9.17) is 11.6 Å². The Morgan fingerprint density at radius 3 is 2.47 bits per heavy atom. The molecular formula is C26H28ClN3O2S2. The van der Waals surface area contributed by atoms with E-state index in [-0.39, 0.29) is 6.04 Å². The minimum Gasteiger partial charge on any atom is -0.598 e. The van der Waals surface area contributed by atoms with Crippen molar-refractivity contribution in [3.63, 3.8) is 0 Å². The summed E-state index contributed by atoms with van der Waals surface area (Å²) in [7, 11) is 0. The number of aromatic nitrogens is 2. The van der Waals surface area contributed by atoms with Gasteiger partial charge in [-0.05, 0) is 69.8 Å². The van der Waals surface area contributed by atoms with Crippen LogP contribution in [0.2, 0.25) is 5.02 Å². The molecule has 0 amide bonds. The zero-order valence-corrected chi connectivity index (χ0v) is 22.2. The van der Waals surface area contributed by atoms with Gasteiger partial charge >= 0.3 is 0 Å². The van der Waals surface area contributed by atoms with Gasteiger partial charge in [-0.1, -0.05) is 41.9 Å². The van der Waals surface area contributed by atoms with Crippen LogP contribution in [0.15, 0.2) is 60.8 Å². The Balaban J connectivity index is 1.84. The van der Waals surface area contributed by atoms with E-state index in [9.17, 15) is 9.66 Å². The highest BCUT2D eigenvalue weighted by Gasteiger charge is 2.32. The molecule has 5 nitrogen and oxygen atoms in total. The van der Waals surface area contributed by atoms with Crippen molar-refractivity contribution in [1.29, 1.82) is 0 Å². The van der Waals surface area contributed by atoms with Crippen LogP contribution in [0.1, 0.15) is 56.8 Å². The molecule has 0 radical (unpaired) electrons. The van der Waals surface area contributed by atoms with Gasteiger partial charge in [0.1, 0.15) is 16.4 Å². The minimum atomic E-state index is -1.31. The van der Waals surface area contributed by atoms with Crippen LogP contribution < -0.4 is 4.72 Å². The van der Waals surface area contributed by atoms with Gasteiger partial charge in [0.05, 0.1) is 5.69 Å². The molecule has 2 aromatic heterocycles. The first-order valence-corrected chi connectivity index (χ1v) is 13.3. The predicted octanol–water partition coefficient (Wildman–Crippen LogP) is 6.38. The Kier molecular flexibility index (Phi) is 7.06. The minimum absolute atomic E-state index is 0.345. The summed E-state index contributed by atoms with van der Waals surface area (Å²) in [5.41, 5.74) is 1.25. The molecule has 0 aliphatic rings. The molecule has 0 fully saturated rings. The van der Waals surface area contributed by atoms with E-state index < -0.39 is 21.7 Å². The lowest BCUT2D eigenvalue weighted by atomic mass is 10.0. The number of aliphatic hydroxyl groups is 1.